The van der Waals surface area contributed by atoms with Gasteiger partial charge >= 0.3 is 0 Å². The van der Waals surface area contributed by atoms with E-state index in [0.717, 1.165) is 5.56 Å². The Kier molecular flexibility index (Phi) is 5.92. The number of aryl methyl sites for hydroxylation is 1. The lowest BCUT2D eigenvalue weighted by molar-refractivity contribution is -0.121. The Hall–Kier alpha value is -2.62. The Bertz CT molecular complexity index is 1150. The Morgan fingerprint density at radius 3 is 2.84 bits per heavy atom. The zero-order valence-corrected chi connectivity index (χ0v) is 18.4. The number of ether oxygens (including phenoxy) is 1. The molecule has 164 valence electrons. The normalized spacial score (nSPS) is 19.2. The first-order valence-corrected chi connectivity index (χ1v) is 11.7. The van der Waals surface area contributed by atoms with E-state index in [2.05, 4.69) is 10.6 Å². The van der Waals surface area contributed by atoms with Crippen LogP contribution in [0.3, 0.4) is 0 Å². The summed E-state index contributed by atoms with van der Waals surface area (Å²) in [6.45, 7) is 2.17. The maximum atomic E-state index is 13.2. The zero-order chi connectivity index (χ0) is 22.2. The number of benzene rings is 2. The topological polar surface area (TPSA) is 105 Å². The van der Waals surface area contributed by atoms with Gasteiger partial charge in [-0.05, 0) is 55.7 Å². The van der Waals surface area contributed by atoms with Crippen LogP contribution in [0.25, 0.3) is 0 Å². The number of amides is 2. The number of piperidine rings is 1. The molecule has 2 aromatic rings. The quantitative estimate of drug-likeness (QED) is 0.725. The molecular weight excluding hydrogens is 442 g/mol. The number of sulfonamides is 1. The Morgan fingerprint density at radius 2 is 2.06 bits per heavy atom. The smallest absolute Gasteiger partial charge is 0.262 e. The van der Waals surface area contributed by atoms with Crippen LogP contribution in [0.5, 0.6) is 5.75 Å². The van der Waals surface area contributed by atoms with Crippen LogP contribution in [0.15, 0.2) is 41.3 Å². The average Bonchev–Trinajstić information content (AvgIpc) is 2.75. The minimum Gasteiger partial charge on any atom is -0.482 e. The Balaban J connectivity index is 1.49. The first-order valence-electron chi connectivity index (χ1n) is 9.88. The highest BCUT2D eigenvalue weighted by Crippen LogP contribution is 2.32. The van der Waals surface area contributed by atoms with Crippen LogP contribution in [0.4, 0.5) is 11.4 Å². The van der Waals surface area contributed by atoms with Gasteiger partial charge in [-0.3, -0.25) is 9.59 Å². The van der Waals surface area contributed by atoms with Gasteiger partial charge in [-0.1, -0.05) is 17.7 Å². The highest BCUT2D eigenvalue weighted by Gasteiger charge is 2.34. The molecule has 2 aliphatic rings. The first kappa shape index (κ1) is 21.6. The number of nitrogens with zero attached hydrogens (tertiary/aromatic N) is 1. The van der Waals surface area contributed by atoms with E-state index in [1.165, 1.54) is 22.5 Å². The molecule has 2 aliphatic heterocycles. The molecule has 4 rings (SSSR count). The molecule has 1 atom stereocenters. The standard InChI is InChI=1S/C21H22ClN3O5S/c1-13-4-5-15(9-17(13)22)23-21(27)14-3-2-8-25(11-14)31(28,29)16-6-7-19-18(10-16)24-20(26)12-30-19/h4-7,9-10,14H,2-3,8,11-12H2,1H3,(H,23,27)(H,24,26)/t14-/m0/s1. The Labute approximate surface area is 185 Å². The molecule has 2 aromatic carbocycles. The highest BCUT2D eigenvalue weighted by atomic mass is 35.5. The van der Waals surface area contributed by atoms with Crippen molar-refractivity contribution in [3.05, 3.63) is 47.0 Å². The largest absolute Gasteiger partial charge is 0.482 e. The third kappa shape index (κ3) is 4.53. The summed E-state index contributed by atoms with van der Waals surface area (Å²) in [6, 6.07) is 9.62. The molecule has 2 N–H and O–H groups in total. The lowest BCUT2D eigenvalue weighted by Gasteiger charge is -2.31. The van der Waals surface area contributed by atoms with Gasteiger partial charge < -0.3 is 15.4 Å². The van der Waals surface area contributed by atoms with Crippen molar-refractivity contribution in [1.82, 2.24) is 4.31 Å². The number of anilines is 2. The minimum absolute atomic E-state index is 0.0448. The number of hydrogen-bond donors (Lipinski definition) is 2. The molecule has 0 bridgehead atoms. The zero-order valence-electron chi connectivity index (χ0n) is 16.9. The SMILES string of the molecule is Cc1ccc(NC(=O)[C@H]2CCCN(S(=O)(=O)c3ccc4c(c3)NC(=O)CO4)C2)cc1Cl. The molecular formula is C21H22ClN3O5S. The van der Waals surface area contributed by atoms with Gasteiger partial charge in [-0.15, -0.1) is 0 Å². The average molecular weight is 464 g/mol. The summed E-state index contributed by atoms with van der Waals surface area (Å²) in [5, 5.41) is 5.99. The number of hydrogen-bond acceptors (Lipinski definition) is 5. The molecule has 2 heterocycles. The summed E-state index contributed by atoms with van der Waals surface area (Å²) < 4.78 is 33.0. The molecule has 0 unspecified atom stereocenters. The van der Waals surface area contributed by atoms with Gasteiger partial charge in [0.25, 0.3) is 5.91 Å². The fourth-order valence-corrected chi connectivity index (χ4v) is 5.39. The second kappa shape index (κ2) is 8.49. The van der Waals surface area contributed by atoms with E-state index in [0.29, 0.717) is 41.5 Å². The van der Waals surface area contributed by atoms with Crippen molar-refractivity contribution in [3.63, 3.8) is 0 Å². The van der Waals surface area contributed by atoms with Crippen LogP contribution >= 0.6 is 11.6 Å². The molecule has 0 saturated carbocycles. The third-order valence-electron chi connectivity index (χ3n) is 5.42. The fourth-order valence-electron chi connectivity index (χ4n) is 3.66. The van der Waals surface area contributed by atoms with Crippen molar-refractivity contribution >= 4 is 44.8 Å². The first-order chi connectivity index (χ1) is 14.7. The third-order valence-corrected chi connectivity index (χ3v) is 7.68. The second-order valence-corrected chi connectivity index (χ2v) is 10.00. The van der Waals surface area contributed by atoms with E-state index < -0.39 is 15.9 Å². The van der Waals surface area contributed by atoms with Crippen molar-refractivity contribution in [2.45, 2.75) is 24.7 Å². The van der Waals surface area contributed by atoms with E-state index in [1.54, 1.807) is 12.1 Å². The van der Waals surface area contributed by atoms with Crippen LogP contribution in [0.1, 0.15) is 18.4 Å². The summed E-state index contributed by atoms with van der Waals surface area (Å²) in [4.78, 5) is 24.4. The summed E-state index contributed by atoms with van der Waals surface area (Å²) in [5.74, 6) is -0.644. The van der Waals surface area contributed by atoms with Crippen LogP contribution in [-0.4, -0.2) is 44.2 Å². The number of halogens is 1. The van der Waals surface area contributed by atoms with Gasteiger partial charge in [-0.25, -0.2) is 8.42 Å². The summed E-state index contributed by atoms with van der Waals surface area (Å²) in [6.07, 6.45) is 1.16. The molecule has 1 fully saturated rings. The van der Waals surface area contributed by atoms with Crippen molar-refractivity contribution in [2.75, 3.05) is 30.3 Å². The van der Waals surface area contributed by atoms with Gasteiger partial charge in [0.1, 0.15) is 5.75 Å². The predicted molar refractivity (Wildman–Crippen MR) is 117 cm³/mol. The van der Waals surface area contributed by atoms with E-state index in [4.69, 9.17) is 16.3 Å². The fraction of sp³-hybridized carbons (Fsp3) is 0.333. The molecule has 0 aromatic heterocycles. The number of nitrogens with one attached hydrogen (secondary N) is 2. The highest BCUT2D eigenvalue weighted by molar-refractivity contribution is 7.89. The molecule has 0 aliphatic carbocycles. The number of carbonyl (C=O) groups excluding carboxylic acids is 2. The summed E-state index contributed by atoms with van der Waals surface area (Å²) >= 11 is 6.12. The van der Waals surface area contributed by atoms with Gasteiger partial charge in [-0.2, -0.15) is 4.31 Å². The van der Waals surface area contributed by atoms with E-state index in [9.17, 15) is 18.0 Å². The maximum absolute atomic E-state index is 13.2. The number of carbonyl (C=O) groups is 2. The second-order valence-electron chi connectivity index (χ2n) is 7.65. The van der Waals surface area contributed by atoms with Crippen LogP contribution in [0.2, 0.25) is 5.02 Å². The summed E-state index contributed by atoms with van der Waals surface area (Å²) in [7, 11) is -3.84. The molecule has 2 amide bonds. The van der Waals surface area contributed by atoms with Gasteiger partial charge in [0, 0.05) is 23.8 Å². The van der Waals surface area contributed by atoms with E-state index in [1.807, 2.05) is 13.0 Å². The van der Waals surface area contributed by atoms with E-state index in [-0.39, 0.29) is 29.9 Å². The molecule has 8 nitrogen and oxygen atoms in total. The number of rotatable bonds is 4. The van der Waals surface area contributed by atoms with Crippen LogP contribution in [-0.2, 0) is 19.6 Å². The van der Waals surface area contributed by atoms with Crippen LogP contribution < -0.4 is 15.4 Å². The molecule has 1 saturated heterocycles. The van der Waals surface area contributed by atoms with Crippen molar-refractivity contribution in [1.29, 1.82) is 0 Å². The van der Waals surface area contributed by atoms with E-state index >= 15 is 0 Å². The molecule has 10 heteroatoms. The van der Waals surface area contributed by atoms with Gasteiger partial charge in [0.05, 0.1) is 16.5 Å². The van der Waals surface area contributed by atoms with Crippen LogP contribution in [0, 0.1) is 12.8 Å². The molecule has 0 radical (unpaired) electrons. The van der Waals surface area contributed by atoms with Gasteiger partial charge in [0.2, 0.25) is 15.9 Å². The van der Waals surface area contributed by atoms with Crippen molar-refractivity contribution in [3.8, 4) is 5.75 Å². The predicted octanol–water partition coefficient (Wildman–Crippen LogP) is 3.02. The molecule has 31 heavy (non-hydrogen) atoms. The maximum Gasteiger partial charge on any atom is 0.262 e. The lowest BCUT2D eigenvalue weighted by Crippen LogP contribution is -2.43. The number of fused-ring (bicyclic) bond motifs is 1. The minimum atomic E-state index is -3.84. The summed E-state index contributed by atoms with van der Waals surface area (Å²) in [5.41, 5.74) is 1.80. The van der Waals surface area contributed by atoms with Crippen molar-refractivity contribution in [2.24, 2.45) is 5.92 Å². The van der Waals surface area contributed by atoms with Gasteiger partial charge in [0.15, 0.2) is 6.61 Å². The molecule has 0 spiro atoms. The monoisotopic (exact) mass is 463 g/mol. The Morgan fingerprint density at radius 1 is 1.26 bits per heavy atom. The lowest BCUT2D eigenvalue weighted by atomic mass is 9.98. The van der Waals surface area contributed by atoms with Crippen molar-refractivity contribution < 1.29 is 22.7 Å².